The van der Waals surface area contributed by atoms with Crippen LogP contribution in [-0.2, 0) is 6.54 Å². The van der Waals surface area contributed by atoms with Crippen LogP contribution in [0.25, 0.3) is 0 Å². The number of aryl methyl sites for hydroxylation is 1. The molecular weight excluding hydrogens is 319 g/mol. The normalized spacial score (nSPS) is 10.2. The Hall–Kier alpha value is -1.86. The third-order valence-electron chi connectivity index (χ3n) is 3.26. The highest BCUT2D eigenvalue weighted by molar-refractivity contribution is 9.10. The molecule has 0 aromatic heterocycles. The summed E-state index contributed by atoms with van der Waals surface area (Å²) in [5.41, 5.74) is 3.09. The summed E-state index contributed by atoms with van der Waals surface area (Å²) in [4.78, 5) is 1.84. The lowest BCUT2D eigenvalue weighted by Gasteiger charge is -2.21. The second kappa shape index (κ2) is 6.06. The number of nitrogens with zero attached hydrogens (tertiary/aromatic N) is 2. The predicted octanol–water partition coefficient (Wildman–Crippen LogP) is 4.40. The van der Waals surface area contributed by atoms with Gasteiger partial charge in [0.25, 0.3) is 0 Å². The standard InChI is InChI=1S/C16H14BrFN2/c1-11-5-3-4-6-13(11)10-20(2)14-8-7-12(9-19)15(17)16(14)18/h3-8H,10H2,1-2H3. The first-order valence-corrected chi connectivity index (χ1v) is 6.97. The molecule has 4 heteroatoms. The van der Waals surface area contributed by atoms with Gasteiger partial charge < -0.3 is 4.90 Å². The van der Waals surface area contributed by atoms with Gasteiger partial charge in [-0.3, -0.25) is 0 Å². The van der Waals surface area contributed by atoms with E-state index >= 15 is 0 Å². The molecule has 0 bridgehead atoms. The van der Waals surface area contributed by atoms with Gasteiger partial charge in [-0.15, -0.1) is 0 Å². The Morgan fingerprint density at radius 2 is 1.95 bits per heavy atom. The quantitative estimate of drug-likeness (QED) is 0.832. The zero-order valence-electron chi connectivity index (χ0n) is 11.3. The SMILES string of the molecule is Cc1ccccc1CN(C)c1ccc(C#N)c(Br)c1F. The molecular formula is C16H14BrFN2. The molecule has 2 aromatic carbocycles. The van der Waals surface area contributed by atoms with Gasteiger partial charge in [0.05, 0.1) is 15.7 Å². The summed E-state index contributed by atoms with van der Waals surface area (Å²) in [7, 11) is 1.84. The molecule has 0 heterocycles. The van der Waals surface area contributed by atoms with Crippen LogP contribution in [0, 0.1) is 24.1 Å². The topological polar surface area (TPSA) is 27.0 Å². The van der Waals surface area contributed by atoms with E-state index in [1.165, 1.54) is 5.56 Å². The number of nitriles is 1. The van der Waals surface area contributed by atoms with Gasteiger partial charge in [-0.05, 0) is 46.1 Å². The third-order valence-corrected chi connectivity index (χ3v) is 4.04. The van der Waals surface area contributed by atoms with Crippen molar-refractivity contribution in [3.05, 3.63) is 63.4 Å². The fourth-order valence-corrected chi connectivity index (χ4v) is 2.47. The van der Waals surface area contributed by atoms with Crippen LogP contribution >= 0.6 is 15.9 Å². The predicted molar refractivity (Wildman–Crippen MR) is 82.1 cm³/mol. The molecule has 0 aliphatic carbocycles. The molecule has 20 heavy (non-hydrogen) atoms. The number of rotatable bonds is 3. The average molecular weight is 333 g/mol. The molecule has 0 unspecified atom stereocenters. The summed E-state index contributed by atoms with van der Waals surface area (Å²) in [5.74, 6) is -0.403. The fourth-order valence-electron chi connectivity index (χ4n) is 2.05. The van der Waals surface area contributed by atoms with Gasteiger partial charge in [0.1, 0.15) is 6.07 Å². The Bertz CT molecular complexity index is 677. The molecule has 0 fully saturated rings. The molecule has 0 radical (unpaired) electrons. The Kier molecular flexibility index (Phi) is 4.41. The summed E-state index contributed by atoms with van der Waals surface area (Å²) in [6.07, 6.45) is 0. The minimum Gasteiger partial charge on any atom is -0.368 e. The fraction of sp³-hybridized carbons (Fsp3) is 0.188. The molecule has 0 amide bonds. The van der Waals surface area contributed by atoms with E-state index in [9.17, 15) is 4.39 Å². The first-order chi connectivity index (χ1) is 9.54. The van der Waals surface area contributed by atoms with Crippen LogP contribution < -0.4 is 4.90 Å². The lowest BCUT2D eigenvalue weighted by Crippen LogP contribution is -2.18. The van der Waals surface area contributed by atoms with Crippen LogP contribution in [0.5, 0.6) is 0 Å². The number of benzene rings is 2. The van der Waals surface area contributed by atoms with Gasteiger partial charge in [0, 0.05) is 13.6 Å². The molecule has 0 saturated heterocycles. The second-order valence-corrected chi connectivity index (χ2v) is 5.45. The van der Waals surface area contributed by atoms with Gasteiger partial charge >= 0.3 is 0 Å². The van der Waals surface area contributed by atoms with Gasteiger partial charge in [0.2, 0.25) is 0 Å². The van der Waals surface area contributed by atoms with E-state index in [1.807, 2.05) is 49.2 Å². The minimum atomic E-state index is -0.403. The highest BCUT2D eigenvalue weighted by Gasteiger charge is 2.14. The van der Waals surface area contributed by atoms with Crippen LogP contribution in [0.2, 0.25) is 0 Å². The van der Waals surface area contributed by atoms with Crippen molar-refractivity contribution >= 4 is 21.6 Å². The molecule has 2 rings (SSSR count). The van der Waals surface area contributed by atoms with Crippen LogP contribution in [0.15, 0.2) is 40.9 Å². The van der Waals surface area contributed by atoms with Crippen LogP contribution in [-0.4, -0.2) is 7.05 Å². The third kappa shape index (κ3) is 2.83. The summed E-state index contributed by atoms with van der Waals surface area (Å²) in [6.45, 7) is 2.65. The molecule has 0 saturated carbocycles. The van der Waals surface area contributed by atoms with Crippen molar-refractivity contribution in [1.29, 1.82) is 5.26 Å². The van der Waals surface area contributed by atoms with Crippen molar-refractivity contribution in [2.75, 3.05) is 11.9 Å². The van der Waals surface area contributed by atoms with Crippen molar-refractivity contribution in [2.45, 2.75) is 13.5 Å². The van der Waals surface area contributed by atoms with Gasteiger partial charge in [0.15, 0.2) is 5.82 Å². The minimum absolute atomic E-state index is 0.217. The van der Waals surface area contributed by atoms with Crippen molar-refractivity contribution in [1.82, 2.24) is 0 Å². The van der Waals surface area contributed by atoms with Gasteiger partial charge in [-0.1, -0.05) is 24.3 Å². The van der Waals surface area contributed by atoms with E-state index in [0.717, 1.165) is 5.56 Å². The summed E-state index contributed by atoms with van der Waals surface area (Å²) < 4.78 is 14.5. The Labute approximate surface area is 126 Å². The zero-order chi connectivity index (χ0) is 14.7. The molecule has 0 N–H and O–H groups in total. The molecule has 2 nitrogen and oxygen atoms in total. The highest BCUT2D eigenvalue weighted by Crippen LogP contribution is 2.29. The maximum absolute atomic E-state index is 14.3. The second-order valence-electron chi connectivity index (χ2n) is 4.65. The molecule has 0 spiro atoms. The van der Waals surface area contributed by atoms with E-state index in [-0.39, 0.29) is 4.47 Å². The zero-order valence-corrected chi connectivity index (χ0v) is 12.9. The molecule has 2 aromatic rings. The monoisotopic (exact) mass is 332 g/mol. The average Bonchev–Trinajstić information content (AvgIpc) is 2.44. The maximum Gasteiger partial charge on any atom is 0.161 e. The molecule has 0 atom stereocenters. The van der Waals surface area contributed by atoms with Crippen molar-refractivity contribution in [3.63, 3.8) is 0 Å². The first-order valence-electron chi connectivity index (χ1n) is 6.18. The lowest BCUT2D eigenvalue weighted by atomic mass is 10.1. The lowest BCUT2D eigenvalue weighted by molar-refractivity contribution is 0.615. The highest BCUT2D eigenvalue weighted by atomic mass is 79.9. The largest absolute Gasteiger partial charge is 0.368 e. The van der Waals surface area contributed by atoms with Crippen molar-refractivity contribution in [3.8, 4) is 6.07 Å². The van der Waals surface area contributed by atoms with Gasteiger partial charge in [-0.25, -0.2) is 4.39 Å². The summed E-state index contributed by atoms with van der Waals surface area (Å²) >= 11 is 3.14. The molecule has 0 aliphatic heterocycles. The van der Waals surface area contributed by atoms with E-state index in [2.05, 4.69) is 15.9 Å². The number of anilines is 1. The Morgan fingerprint density at radius 1 is 1.25 bits per heavy atom. The van der Waals surface area contributed by atoms with Crippen LogP contribution in [0.4, 0.5) is 10.1 Å². The molecule has 0 aliphatic rings. The van der Waals surface area contributed by atoms with Gasteiger partial charge in [-0.2, -0.15) is 5.26 Å². The number of hydrogen-bond acceptors (Lipinski definition) is 2. The van der Waals surface area contributed by atoms with Crippen LogP contribution in [0.1, 0.15) is 16.7 Å². The van der Waals surface area contributed by atoms with E-state index in [1.54, 1.807) is 12.1 Å². The van der Waals surface area contributed by atoms with Crippen molar-refractivity contribution in [2.24, 2.45) is 0 Å². The van der Waals surface area contributed by atoms with E-state index in [0.29, 0.717) is 17.8 Å². The van der Waals surface area contributed by atoms with E-state index < -0.39 is 5.82 Å². The number of halogens is 2. The van der Waals surface area contributed by atoms with Crippen molar-refractivity contribution < 1.29 is 4.39 Å². The summed E-state index contributed by atoms with van der Waals surface area (Å²) in [6, 6.07) is 13.2. The Balaban J connectivity index is 2.31. The Morgan fingerprint density at radius 3 is 2.60 bits per heavy atom. The first kappa shape index (κ1) is 14.5. The number of hydrogen-bond donors (Lipinski definition) is 0. The smallest absolute Gasteiger partial charge is 0.161 e. The van der Waals surface area contributed by atoms with E-state index in [4.69, 9.17) is 5.26 Å². The van der Waals surface area contributed by atoms with Crippen LogP contribution in [0.3, 0.4) is 0 Å². The summed E-state index contributed by atoms with van der Waals surface area (Å²) in [5, 5.41) is 8.88. The molecule has 102 valence electrons. The maximum atomic E-state index is 14.3.